The second kappa shape index (κ2) is 4.86. The highest BCUT2D eigenvalue weighted by Crippen LogP contribution is 2.30. The van der Waals surface area contributed by atoms with Crippen LogP contribution >= 0.6 is 11.8 Å². The largest absolute Gasteiger partial charge is 0.423 e. The molecule has 0 fully saturated rings. The summed E-state index contributed by atoms with van der Waals surface area (Å²) in [5, 5.41) is 0.755. The third-order valence-electron chi connectivity index (χ3n) is 2.49. The molecule has 0 aliphatic carbocycles. The van der Waals surface area contributed by atoms with Crippen molar-refractivity contribution in [2.75, 3.05) is 14.1 Å². The molecule has 4 nitrogen and oxygen atoms in total. The molecule has 0 saturated carbocycles. The van der Waals surface area contributed by atoms with Crippen LogP contribution in [0.2, 0.25) is 0 Å². The highest BCUT2D eigenvalue weighted by Gasteiger charge is 2.12. The Balaban J connectivity index is 2.58. The first-order chi connectivity index (χ1) is 8.49. The van der Waals surface area contributed by atoms with Gasteiger partial charge in [0.25, 0.3) is 5.24 Å². The fraction of sp³-hybridized carbons (Fsp3) is 0.231. The predicted octanol–water partition coefficient (Wildman–Crippen LogP) is 2.88. The van der Waals surface area contributed by atoms with E-state index in [1.54, 1.807) is 26.2 Å². The van der Waals surface area contributed by atoms with E-state index in [2.05, 4.69) is 0 Å². The maximum Gasteiger partial charge on any atom is 0.336 e. The SMILES string of the molecule is Cc1cc(=O)oc2cccc(SC(=O)N(C)C)c12. The van der Waals surface area contributed by atoms with Crippen LogP contribution in [0, 0.1) is 6.92 Å². The zero-order valence-electron chi connectivity index (χ0n) is 10.4. The molecular weight excluding hydrogens is 250 g/mol. The van der Waals surface area contributed by atoms with Gasteiger partial charge in [-0.2, -0.15) is 0 Å². The van der Waals surface area contributed by atoms with Crippen LogP contribution in [0.15, 0.2) is 38.4 Å². The van der Waals surface area contributed by atoms with Crippen molar-refractivity contribution in [3.8, 4) is 0 Å². The van der Waals surface area contributed by atoms with Crippen molar-refractivity contribution in [1.82, 2.24) is 4.90 Å². The molecule has 0 saturated heterocycles. The van der Waals surface area contributed by atoms with E-state index in [1.807, 2.05) is 13.0 Å². The number of benzene rings is 1. The Bertz CT molecular complexity index is 661. The molecule has 0 spiro atoms. The van der Waals surface area contributed by atoms with E-state index in [1.165, 1.54) is 11.0 Å². The van der Waals surface area contributed by atoms with E-state index in [0.717, 1.165) is 27.6 Å². The minimum atomic E-state index is -0.374. The number of carbonyl (C=O) groups is 1. The maximum absolute atomic E-state index is 11.7. The molecule has 1 aromatic carbocycles. The van der Waals surface area contributed by atoms with Crippen LogP contribution in [0.1, 0.15) is 5.56 Å². The maximum atomic E-state index is 11.7. The van der Waals surface area contributed by atoms with Crippen LogP contribution in [0.25, 0.3) is 11.0 Å². The van der Waals surface area contributed by atoms with Gasteiger partial charge in [-0.05, 0) is 36.4 Å². The summed E-state index contributed by atoms with van der Waals surface area (Å²) in [4.78, 5) is 25.3. The summed E-state index contributed by atoms with van der Waals surface area (Å²) in [5.74, 6) is 0. The summed E-state index contributed by atoms with van der Waals surface area (Å²) in [6.07, 6.45) is 0. The van der Waals surface area contributed by atoms with E-state index >= 15 is 0 Å². The van der Waals surface area contributed by atoms with E-state index in [4.69, 9.17) is 4.42 Å². The fourth-order valence-corrected chi connectivity index (χ4v) is 2.52. The van der Waals surface area contributed by atoms with Crippen molar-refractivity contribution < 1.29 is 9.21 Å². The minimum Gasteiger partial charge on any atom is -0.423 e. The Hall–Kier alpha value is -1.75. The van der Waals surface area contributed by atoms with Crippen molar-refractivity contribution >= 4 is 28.0 Å². The van der Waals surface area contributed by atoms with Gasteiger partial charge in [0.1, 0.15) is 5.58 Å². The van der Waals surface area contributed by atoms with E-state index in [0.29, 0.717) is 5.58 Å². The van der Waals surface area contributed by atoms with Crippen molar-refractivity contribution in [3.63, 3.8) is 0 Å². The lowest BCUT2D eigenvalue weighted by molar-refractivity contribution is 0.241. The molecule has 5 heteroatoms. The second-order valence-corrected chi connectivity index (χ2v) is 5.13. The fourth-order valence-electron chi connectivity index (χ4n) is 1.64. The molecule has 1 aromatic heterocycles. The average molecular weight is 263 g/mol. The molecular formula is C13H13NO3S. The monoisotopic (exact) mass is 263 g/mol. The average Bonchev–Trinajstić information content (AvgIpc) is 2.27. The quantitative estimate of drug-likeness (QED) is 0.586. The summed E-state index contributed by atoms with van der Waals surface area (Å²) in [7, 11) is 3.40. The Morgan fingerprint density at radius 1 is 1.33 bits per heavy atom. The van der Waals surface area contributed by atoms with Gasteiger partial charge in [-0.3, -0.25) is 4.79 Å². The summed E-state index contributed by atoms with van der Waals surface area (Å²) in [6, 6.07) is 6.79. The number of hydrogen-bond acceptors (Lipinski definition) is 4. The molecule has 0 atom stereocenters. The van der Waals surface area contributed by atoms with Crippen LogP contribution < -0.4 is 5.63 Å². The number of aryl methyl sites for hydroxylation is 1. The van der Waals surface area contributed by atoms with Gasteiger partial charge in [0.2, 0.25) is 0 Å². The number of amides is 1. The second-order valence-electron chi connectivity index (χ2n) is 4.14. The van der Waals surface area contributed by atoms with Crippen molar-refractivity contribution in [2.45, 2.75) is 11.8 Å². The van der Waals surface area contributed by atoms with Crippen LogP contribution in [-0.4, -0.2) is 24.2 Å². The number of hydrogen-bond donors (Lipinski definition) is 0. The number of rotatable bonds is 1. The molecule has 94 valence electrons. The van der Waals surface area contributed by atoms with Crippen molar-refractivity contribution in [3.05, 3.63) is 40.2 Å². The Labute approximate surface area is 109 Å². The summed E-state index contributed by atoms with van der Waals surface area (Å²) >= 11 is 1.13. The van der Waals surface area contributed by atoms with E-state index in [-0.39, 0.29) is 10.9 Å². The van der Waals surface area contributed by atoms with Crippen LogP contribution in [0.3, 0.4) is 0 Å². The molecule has 0 bridgehead atoms. The number of thioether (sulfide) groups is 1. The minimum absolute atomic E-state index is 0.0619. The number of carbonyl (C=O) groups excluding carboxylic acids is 1. The first-order valence-corrected chi connectivity index (χ1v) is 6.23. The van der Waals surface area contributed by atoms with Gasteiger partial charge in [0, 0.05) is 30.4 Å². The van der Waals surface area contributed by atoms with E-state index < -0.39 is 0 Å². The first-order valence-electron chi connectivity index (χ1n) is 5.41. The lowest BCUT2D eigenvalue weighted by Crippen LogP contribution is -2.16. The number of nitrogens with zero attached hydrogens (tertiary/aromatic N) is 1. The van der Waals surface area contributed by atoms with Gasteiger partial charge in [-0.15, -0.1) is 0 Å². The Kier molecular flexibility index (Phi) is 3.43. The predicted molar refractivity (Wildman–Crippen MR) is 72.2 cm³/mol. The van der Waals surface area contributed by atoms with Crippen LogP contribution in [-0.2, 0) is 0 Å². The molecule has 1 amide bonds. The van der Waals surface area contributed by atoms with Crippen molar-refractivity contribution in [1.29, 1.82) is 0 Å². The van der Waals surface area contributed by atoms with Gasteiger partial charge >= 0.3 is 5.63 Å². The van der Waals surface area contributed by atoms with Gasteiger partial charge in [0.05, 0.1) is 0 Å². The molecule has 0 unspecified atom stereocenters. The summed E-state index contributed by atoms with van der Waals surface area (Å²) in [6.45, 7) is 1.84. The van der Waals surface area contributed by atoms with E-state index in [9.17, 15) is 9.59 Å². The van der Waals surface area contributed by atoms with Gasteiger partial charge in [-0.25, -0.2) is 4.79 Å². The lowest BCUT2D eigenvalue weighted by Gasteiger charge is -2.11. The highest BCUT2D eigenvalue weighted by molar-refractivity contribution is 8.13. The zero-order valence-corrected chi connectivity index (χ0v) is 11.2. The first kappa shape index (κ1) is 12.7. The van der Waals surface area contributed by atoms with Gasteiger partial charge in [-0.1, -0.05) is 6.07 Å². The van der Waals surface area contributed by atoms with Crippen LogP contribution in [0.5, 0.6) is 0 Å². The normalized spacial score (nSPS) is 10.6. The highest BCUT2D eigenvalue weighted by atomic mass is 32.2. The summed E-state index contributed by atoms with van der Waals surface area (Å²) in [5.41, 5.74) is 0.952. The molecule has 2 rings (SSSR count). The molecule has 0 aliphatic rings. The molecule has 1 heterocycles. The molecule has 0 aliphatic heterocycles. The lowest BCUT2D eigenvalue weighted by atomic mass is 10.1. The van der Waals surface area contributed by atoms with Crippen LogP contribution in [0.4, 0.5) is 4.79 Å². The molecule has 0 radical (unpaired) electrons. The summed E-state index contributed by atoms with van der Waals surface area (Å²) < 4.78 is 5.13. The zero-order chi connectivity index (χ0) is 13.3. The van der Waals surface area contributed by atoms with Gasteiger partial charge in [0.15, 0.2) is 0 Å². The third kappa shape index (κ3) is 2.41. The number of fused-ring (bicyclic) bond motifs is 1. The smallest absolute Gasteiger partial charge is 0.336 e. The third-order valence-corrected chi connectivity index (χ3v) is 3.59. The molecule has 0 N–H and O–H groups in total. The standard InChI is InChI=1S/C13H13NO3S/c1-8-7-11(15)17-9-5-4-6-10(12(8)9)18-13(16)14(2)3/h4-7H,1-3H3. The molecule has 18 heavy (non-hydrogen) atoms. The molecule has 2 aromatic rings. The Morgan fingerprint density at radius 2 is 2.06 bits per heavy atom. The van der Waals surface area contributed by atoms with Gasteiger partial charge < -0.3 is 9.32 Å². The Morgan fingerprint density at radius 3 is 2.72 bits per heavy atom. The van der Waals surface area contributed by atoms with Crippen molar-refractivity contribution in [2.24, 2.45) is 0 Å². The topological polar surface area (TPSA) is 50.5 Å².